The number of ether oxygens (including phenoxy) is 2. The Balaban J connectivity index is 1.62. The summed E-state index contributed by atoms with van der Waals surface area (Å²) in [5.41, 5.74) is 1.27. The molecule has 1 N–H and O–H groups in total. The lowest BCUT2D eigenvalue weighted by molar-refractivity contribution is 0.0600. The van der Waals surface area contributed by atoms with Gasteiger partial charge in [-0.1, -0.05) is 12.1 Å². The van der Waals surface area contributed by atoms with Crippen molar-refractivity contribution in [1.82, 2.24) is 9.88 Å². The van der Waals surface area contributed by atoms with Crippen molar-refractivity contribution < 1.29 is 28.6 Å². The van der Waals surface area contributed by atoms with Crippen LogP contribution >= 0.6 is 0 Å². The van der Waals surface area contributed by atoms with E-state index in [1.165, 1.54) is 24.1 Å². The van der Waals surface area contributed by atoms with Gasteiger partial charge >= 0.3 is 12.1 Å². The molecule has 0 atom stereocenters. The minimum atomic E-state index is -0.899. The van der Waals surface area contributed by atoms with Crippen LogP contribution < -0.4 is 4.74 Å². The summed E-state index contributed by atoms with van der Waals surface area (Å²) in [6.07, 6.45) is 0.502. The molecule has 1 aliphatic heterocycles. The maximum absolute atomic E-state index is 14.2. The van der Waals surface area contributed by atoms with E-state index < -0.39 is 17.9 Å². The van der Waals surface area contributed by atoms with Crippen LogP contribution in [-0.2, 0) is 11.3 Å². The molecule has 1 aliphatic rings. The van der Waals surface area contributed by atoms with Gasteiger partial charge in [-0.3, -0.25) is 0 Å². The number of pyridine rings is 1. The Labute approximate surface area is 161 Å². The summed E-state index contributed by atoms with van der Waals surface area (Å²) in [5, 5.41) is 9.04. The minimum absolute atomic E-state index is 0.0266. The summed E-state index contributed by atoms with van der Waals surface area (Å²) in [6, 6.07) is 9.47. The fourth-order valence-electron chi connectivity index (χ4n) is 3.17. The van der Waals surface area contributed by atoms with Crippen LogP contribution in [0.15, 0.2) is 36.4 Å². The molecule has 0 aliphatic carbocycles. The molecule has 1 amide bonds. The monoisotopic (exact) mass is 388 g/mol. The predicted molar refractivity (Wildman–Crippen MR) is 97.9 cm³/mol. The first-order valence-corrected chi connectivity index (χ1v) is 8.92. The molecule has 7 nitrogen and oxygen atoms in total. The summed E-state index contributed by atoms with van der Waals surface area (Å²) < 4.78 is 24.3. The zero-order chi connectivity index (χ0) is 20.1. The number of carboxylic acid groups (broad SMARTS) is 1. The highest BCUT2D eigenvalue weighted by Crippen LogP contribution is 2.28. The smallest absolute Gasteiger partial charge is 0.407 e. The van der Waals surface area contributed by atoms with Crippen molar-refractivity contribution in [3.8, 4) is 5.88 Å². The fraction of sp³-hybridized carbons (Fsp3) is 0.350. The van der Waals surface area contributed by atoms with Crippen LogP contribution in [0.25, 0.3) is 0 Å². The second kappa shape index (κ2) is 8.69. The number of rotatable bonds is 5. The first kappa shape index (κ1) is 19.6. The van der Waals surface area contributed by atoms with Gasteiger partial charge in [-0.2, -0.15) is 0 Å². The summed E-state index contributed by atoms with van der Waals surface area (Å²) in [5.74, 6) is -0.625. The first-order valence-electron chi connectivity index (χ1n) is 8.92. The van der Waals surface area contributed by atoms with E-state index in [4.69, 9.17) is 9.84 Å². The van der Waals surface area contributed by atoms with Crippen LogP contribution in [0.1, 0.15) is 40.4 Å². The molecule has 1 fully saturated rings. The predicted octanol–water partition coefficient (Wildman–Crippen LogP) is 3.44. The second-order valence-corrected chi connectivity index (χ2v) is 6.53. The number of hydrogen-bond donors (Lipinski definition) is 1. The lowest BCUT2D eigenvalue weighted by Crippen LogP contribution is -2.36. The van der Waals surface area contributed by atoms with E-state index in [1.807, 2.05) is 12.1 Å². The van der Waals surface area contributed by atoms with Gasteiger partial charge in [0.1, 0.15) is 12.4 Å². The van der Waals surface area contributed by atoms with Crippen LogP contribution in [-0.4, -0.2) is 47.3 Å². The van der Waals surface area contributed by atoms with E-state index in [0.29, 0.717) is 37.4 Å². The zero-order valence-corrected chi connectivity index (χ0v) is 15.4. The number of aromatic nitrogens is 1. The van der Waals surface area contributed by atoms with Gasteiger partial charge in [0.25, 0.3) is 0 Å². The molecule has 1 aromatic heterocycles. The molecule has 3 rings (SSSR count). The average molecular weight is 388 g/mol. The number of piperidine rings is 1. The van der Waals surface area contributed by atoms with Gasteiger partial charge in [-0.15, -0.1) is 0 Å². The Bertz CT molecular complexity index is 865. The standard InChI is InChI=1S/C20H21FN2O5/c1-27-19(24)14-5-6-15(16(21)11-14)12-28-18-4-2-3-17(22-18)13-7-9-23(10-8-13)20(25)26/h2-6,11,13H,7-10,12H2,1H3,(H,25,26). The quantitative estimate of drug-likeness (QED) is 0.790. The van der Waals surface area contributed by atoms with Crippen LogP contribution in [0.3, 0.4) is 0 Å². The Hall–Kier alpha value is -3.16. The molecule has 1 saturated heterocycles. The summed E-state index contributed by atoms with van der Waals surface area (Å²) >= 11 is 0. The van der Waals surface area contributed by atoms with Crippen molar-refractivity contribution >= 4 is 12.1 Å². The van der Waals surface area contributed by atoms with Gasteiger partial charge in [-0.25, -0.2) is 19.0 Å². The summed E-state index contributed by atoms with van der Waals surface area (Å²) in [7, 11) is 1.24. The van der Waals surface area contributed by atoms with E-state index in [1.54, 1.807) is 6.07 Å². The van der Waals surface area contributed by atoms with Gasteiger partial charge in [-0.05, 0) is 31.0 Å². The topological polar surface area (TPSA) is 89.0 Å². The van der Waals surface area contributed by atoms with Crippen molar-refractivity contribution in [2.24, 2.45) is 0 Å². The van der Waals surface area contributed by atoms with E-state index in [2.05, 4.69) is 9.72 Å². The number of hydrogen-bond acceptors (Lipinski definition) is 5. The number of benzene rings is 1. The molecular formula is C20H21FN2O5. The molecule has 8 heteroatoms. The lowest BCUT2D eigenvalue weighted by atomic mass is 9.93. The summed E-state index contributed by atoms with van der Waals surface area (Å²) in [4.78, 5) is 28.3. The third-order valence-corrected chi connectivity index (χ3v) is 4.78. The molecule has 0 unspecified atom stereocenters. The third-order valence-electron chi connectivity index (χ3n) is 4.78. The Morgan fingerprint density at radius 1 is 1.25 bits per heavy atom. The molecule has 0 bridgehead atoms. The largest absolute Gasteiger partial charge is 0.473 e. The number of carbonyl (C=O) groups excluding carboxylic acids is 1. The maximum atomic E-state index is 14.2. The zero-order valence-electron chi connectivity index (χ0n) is 15.4. The number of likely N-dealkylation sites (tertiary alicyclic amines) is 1. The summed E-state index contributed by atoms with van der Waals surface area (Å²) in [6.45, 7) is 0.927. The highest BCUT2D eigenvalue weighted by molar-refractivity contribution is 5.89. The molecule has 0 saturated carbocycles. The van der Waals surface area contributed by atoms with Gasteiger partial charge in [0.05, 0.1) is 12.7 Å². The first-order chi connectivity index (χ1) is 13.5. The third kappa shape index (κ3) is 4.57. The number of esters is 1. The Morgan fingerprint density at radius 2 is 2.00 bits per heavy atom. The number of nitrogens with zero attached hydrogens (tertiary/aromatic N) is 2. The van der Waals surface area contributed by atoms with Crippen LogP contribution in [0.4, 0.5) is 9.18 Å². The minimum Gasteiger partial charge on any atom is -0.473 e. The van der Waals surface area contributed by atoms with E-state index in [-0.39, 0.29) is 18.1 Å². The van der Waals surface area contributed by atoms with Crippen molar-refractivity contribution in [2.75, 3.05) is 20.2 Å². The number of amides is 1. The van der Waals surface area contributed by atoms with Crippen molar-refractivity contribution in [3.63, 3.8) is 0 Å². The van der Waals surface area contributed by atoms with Crippen molar-refractivity contribution in [1.29, 1.82) is 0 Å². The van der Waals surface area contributed by atoms with E-state index in [9.17, 15) is 14.0 Å². The Kier molecular flexibility index (Phi) is 6.08. The van der Waals surface area contributed by atoms with Gasteiger partial charge < -0.3 is 19.5 Å². The number of methoxy groups -OCH3 is 1. The molecule has 1 aromatic carbocycles. The van der Waals surface area contributed by atoms with E-state index >= 15 is 0 Å². The fourth-order valence-corrected chi connectivity index (χ4v) is 3.17. The van der Waals surface area contributed by atoms with Gasteiger partial charge in [0, 0.05) is 36.3 Å². The molecule has 28 heavy (non-hydrogen) atoms. The lowest BCUT2D eigenvalue weighted by Gasteiger charge is -2.29. The number of halogens is 1. The normalized spacial score (nSPS) is 14.6. The van der Waals surface area contributed by atoms with Crippen molar-refractivity contribution in [3.05, 3.63) is 59.0 Å². The van der Waals surface area contributed by atoms with Crippen LogP contribution in [0.5, 0.6) is 5.88 Å². The van der Waals surface area contributed by atoms with Gasteiger partial charge in [0.2, 0.25) is 5.88 Å². The SMILES string of the molecule is COC(=O)c1ccc(COc2cccc(C3CCN(C(=O)O)CC3)n2)c(F)c1. The molecule has 2 aromatic rings. The highest BCUT2D eigenvalue weighted by atomic mass is 19.1. The number of carbonyl (C=O) groups is 2. The second-order valence-electron chi connectivity index (χ2n) is 6.53. The van der Waals surface area contributed by atoms with Crippen LogP contribution in [0, 0.1) is 5.82 Å². The van der Waals surface area contributed by atoms with Crippen LogP contribution in [0.2, 0.25) is 0 Å². The van der Waals surface area contributed by atoms with Crippen molar-refractivity contribution in [2.45, 2.75) is 25.4 Å². The highest BCUT2D eigenvalue weighted by Gasteiger charge is 2.24. The van der Waals surface area contributed by atoms with E-state index in [0.717, 1.165) is 11.8 Å². The molecular weight excluding hydrogens is 367 g/mol. The molecule has 2 heterocycles. The molecule has 148 valence electrons. The average Bonchev–Trinajstić information content (AvgIpc) is 2.72. The molecule has 0 radical (unpaired) electrons. The molecule has 0 spiro atoms. The van der Waals surface area contributed by atoms with Gasteiger partial charge in [0.15, 0.2) is 0 Å². The Morgan fingerprint density at radius 3 is 2.64 bits per heavy atom. The maximum Gasteiger partial charge on any atom is 0.407 e.